The highest BCUT2D eigenvalue weighted by molar-refractivity contribution is 7.13. The van der Waals surface area contributed by atoms with Crippen molar-refractivity contribution in [3.05, 3.63) is 63.5 Å². The Labute approximate surface area is 190 Å². The van der Waals surface area contributed by atoms with Crippen molar-refractivity contribution in [3.8, 4) is 22.1 Å². The Kier molecular flexibility index (Phi) is 8.56. The van der Waals surface area contributed by atoms with E-state index in [0.29, 0.717) is 23.8 Å². The van der Waals surface area contributed by atoms with Crippen LogP contribution in [0.5, 0.6) is 11.5 Å². The number of aromatic nitrogens is 2. The molecule has 1 amide bonds. The molecule has 3 rings (SSSR count). The number of hydrazone groups is 1. The molecule has 8 nitrogen and oxygen atoms in total. The highest BCUT2D eigenvalue weighted by atomic mass is 32.1. The van der Waals surface area contributed by atoms with Gasteiger partial charge < -0.3 is 14.5 Å². The fraction of sp³-hybridized carbons (Fsp3) is 0.304. The highest BCUT2D eigenvalue weighted by Gasteiger charge is 2.11. The molecule has 0 aliphatic rings. The van der Waals surface area contributed by atoms with E-state index in [1.165, 1.54) is 36.5 Å². The molecule has 0 fully saturated rings. The molecule has 0 unspecified atom stereocenters. The molecule has 1 aromatic carbocycles. The average Bonchev–Trinajstić information content (AvgIpc) is 3.34. The van der Waals surface area contributed by atoms with E-state index in [1.807, 2.05) is 29.6 Å². The Bertz CT molecular complexity index is 1110. The van der Waals surface area contributed by atoms with Gasteiger partial charge in [-0.25, -0.2) is 10.2 Å². The van der Waals surface area contributed by atoms with Crippen molar-refractivity contribution in [1.29, 1.82) is 0 Å². The van der Waals surface area contributed by atoms with Crippen molar-refractivity contribution >= 4 is 23.5 Å². The number of aromatic amines is 1. The maximum Gasteiger partial charge on any atom is 0.346 e. The number of benzene rings is 1. The Morgan fingerprint density at radius 1 is 1.22 bits per heavy atom. The number of nitrogens with zero attached hydrogens (tertiary/aromatic N) is 2. The number of rotatable bonds is 11. The molecule has 2 aromatic heterocycles. The smallest absolute Gasteiger partial charge is 0.346 e. The first kappa shape index (κ1) is 23.2. The molecule has 9 heteroatoms. The fourth-order valence-corrected chi connectivity index (χ4v) is 3.65. The normalized spacial score (nSPS) is 10.9. The van der Waals surface area contributed by atoms with Crippen LogP contribution in [0.4, 0.5) is 0 Å². The molecular weight excluding hydrogens is 428 g/mol. The third kappa shape index (κ3) is 6.52. The van der Waals surface area contributed by atoms with Gasteiger partial charge in [0.05, 0.1) is 30.5 Å². The summed E-state index contributed by atoms with van der Waals surface area (Å²) >= 11 is 1.45. The van der Waals surface area contributed by atoms with E-state index in [9.17, 15) is 9.59 Å². The number of hydrogen-bond donors (Lipinski definition) is 2. The van der Waals surface area contributed by atoms with Crippen LogP contribution in [-0.4, -0.2) is 35.8 Å². The van der Waals surface area contributed by atoms with E-state index in [0.717, 1.165) is 23.3 Å². The Balaban J connectivity index is 1.62. The van der Waals surface area contributed by atoms with Gasteiger partial charge >= 0.3 is 5.69 Å². The largest absolute Gasteiger partial charge is 0.493 e. The summed E-state index contributed by atoms with van der Waals surface area (Å²) in [6.07, 6.45) is 6.00. The predicted octanol–water partition coefficient (Wildman–Crippen LogP) is 4.23. The Morgan fingerprint density at radius 2 is 2.09 bits per heavy atom. The van der Waals surface area contributed by atoms with Crippen LogP contribution in [0.15, 0.2) is 51.7 Å². The van der Waals surface area contributed by atoms with Gasteiger partial charge in [-0.05, 0) is 47.7 Å². The van der Waals surface area contributed by atoms with E-state index < -0.39 is 11.6 Å². The molecule has 0 saturated heterocycles. The SMILES string of the molecule is CCCCCCOc1ccc(/C=N/NC(=O)c2cc(-c3cccs3)[nH]c(=O)n2)cc1OC. The second kappa shape index (κ2) is 11.8. The van der Waals surface area contributed by atoms with Gasteiger partial charge in [0.25, 0.3) is 5.91 Å². The van der Waals surface area contributed by atoms with Gasteiger partial charge in [0.15, 0.2) is 11.5 Å². The van der Waals surface area contributed by atoms with Crippen LogP contribution in [-0.2, 0) is 0 Å². The summed E-state index contributed by atoms with van der Waals surface area (Å²) in [7, 11) is 1.58. The molecule has 168 valence electrons. The summed E-state index contributed by atoms with van der Waals surface area (Å²) in [5.74, 6) is 0.677. The quantitative estimate of drug-likeness (QED) is 0.256. The number of ether oxygens (including phenoxy) is 2. The summed E-state index contributed by atoms with van der Waals surface area (Å²) in [6.45, 7) is 2.81. The Morgan fingerprint density at radius 3 is 2.84 bits per heavy atom. The molecule has 0 radical (unpaired) electrons. The molecule has 0 bridgehead atoms. The lowest BCUT2D eigenvalue weighted by molar-refractivity contribution is 0.0949. The van der Waals surface area contributed by atoms with Crippen molar-refractivity contribution in [3.63, 3.8) is 0 Å². The lowest BCUT2D eigenvalue weighted by atomic mass is 10.2. The summed E-state index contributed by atoms with van der Waals surface area (Å²) in [5.41, 5.74) is 3.04. The molecule has 0 aliphatic heterocycles. The van der Waals surface area contributed by atoms with E-state index >= 15 is 0 Å². The standard InChI is InChI=1S/C23H26N4O4S/c1-3-4-5-6-11-31-19-10-9-16(13-20(19)30-2)15-24-27-22(28)18-14-17(25-23(29)26-18)21-8-7-12-32-21/h7-10,12-15H,3-6,11H2,1-2H3,(H,27,28)(H,25,26,29)/b24-15+. The number of carbonyl (C=O) groups excluding carboxylic acids is 1. The molecule has 2 N–H and O–H groups in total. The van der Waals surface area contributed by atoms with Crippen molar-refractivity contribution in [1.82, 2.24) is 15.4 Å². The maximum atomic E-state index is 12.4. The number of H-pyrrole nitrogens is 1. The fourth-order valence-electron chi connectivity index (χ4n) is 2.96. The number of carbonyl (C=O) groups is 1. The molecule has 0 spiro atoms. The number of hydrogen-bond acceptors (Lipinski definition) is 7. The molecule has 3 aromatic rings. The van der Waals surface area contributed by atoms with Gasteiger partial charge in [0.2, 0.25) is 0 Å². The number of amides is 1. The topological polar surface area (TPSA) is 106 Å². The van der Waals surface area contributed by atoms with Gasteiger partial charge in [-0.15, -0.1) is 11.3 Å². The zero-order chi connectivity index (χ0) is 22.8. The third-order valence-electron chi connectivity index (χ3n) is 4.59. The predicted molar refractivity (Wildman–Crippen MR) is 126 cm³/mol. The number of methoxy groups -OCH3 is 1. The van der Waals surface area contributed by atoms with Crippen LogP contribution < -0.4 is 20.6 Å². The van der Waals surface area contributed by atoms with Crippen LogP contribution in [0.2, 0.25) is 0 Å². The van der Waals surface area contributed by atoms with Gasteiger partial charge in [0.1, 0.15) is 5.69 Å². The van der Waals surface area contributed by atoms with E-state index in [-0.39, 0.29) is 5.69 Å². The van der Waals surface area contributed by atoms with Crippen LogP contribution in [0.1, 0.15) is 48.7 Å². The third-order valence-corrected chi connectivity index (χ3v) is 5.49. The van der Waals surface area contributed by atoms with Crippen LogP contribution in [0.3, 0.4) is 0 Å². The second-order valence-corrected chi connectivity index (χ2v) is 7.93. The highest BCUT2D eigenvalue weighted by Crippen LogP contribution is 2.28. The van der Waals surface area contributed by atoms with E-state index in [1.54, 1.807) is 13.2 Å². The molecule has 0 atom stereocenters. The lowest BCUT2D eigenvalue weighted by Crippen LogP contribution is -2.24. The summed E-state index contributed by atoms with van der Waals surface area (Å²) in [4.78, 5) is 31.4. The number of thiophene rings is 1. The van der Waals surface area contributed by atoms with E-state index in [2.05, 4.69) is 27.4 Å². The van der Waals surface area contributed by atoms with Crippen LogP contribution in [0.25, 0.3) is 10.6 Å². The minimum Gasteiger partial charge on any atom is -0.493 e. The molecule has 0 aliphatic carbocycles. The molecule has 32 heavy (non-hydrogen) atoms. The van der Waals surface area contributed by atoms with Crippen molar-refractivity contribution in [2.24, 2.45) is 5.10 Å². The second-order valence-electron chi connectivity index (χ2n) is 6.98. The van der Waals surface area contributed by atoms with Crippen molar-refractivity contribution < 1.29 is 14.3 Å². The first-order valence-electron chi connectivity index (χ1n) is 10.4. The average molecular weight is 455 g/mol. The minimum absolute atomic E-state index is 0.0151. The summed E-state index contributed by atoms with van der Waals surface area (Å²) in [5, 5.41) is 5.85. The van der Waals surface area contributed by atoms with Gasteiger partial charge in [0, 0.05) is 0 Å². The maximum absolute atomic E-state index is 12.4. The van der Waals surface area contributed by atoms with Crippen molar-refractivity contribution in [2.45, 2.75) is 32.6 Å². The molecule has 0 saturated carbocycles. The Hall–Kier alpha value is -3.46. The lowest BCUT2D eigenvalue weighted by Gasteiger charge is -2.11. The van der Waals surface area contributed by atoms with Crippen molar-refractivity contribution in [2.75, 3.05) is 13.7 Å². The zero-order valence-electron chi connectivity index (χ0n) is 18.1. The first-order chi connectivity index (χ1) is 15.6. The van der Waals surface area contributed by atoms with E-state index in [4.69, 9.17) is 9.47 Å². The zero-order valence-corrected chi connectivity index (χ0v) is 18.9. The monoisotopic (exact) mass is 454 g/mol. The van der Waals surface area contributed by atoms with Crippen LogP contribution in [0, 0.1) is 0 Å². The van der Waals surface area contributed by atoms with Gasteiger partial charge in [-0.3, -0.25) is 4.79 Å². The number of unbranched alkanes of at least 4 members (excludes halogenated alkanes) is 3. The summed E-state index contributed by atoms with van der Waals surface area (Å²) < 4.78 is 11.2. The molecular formula is C23H26N4O4S. The summed E-state index contributed by atoms with van der Waals surface area (Å²) in [6, 6.07) is 10.6. The first-order valence-corrected chi connectivity index (χ1v) is 11.3. The molecule has 2 heterocycles. The van der Waals surface area contributed by atoms with Crippen LogP contribution >= 0.6 is 11.3 Å². The van der Waals surface area contributed by atoms with Gasteiger partial charge in [-0.2, -0.15) is 10.1 Å². The van der Waals surface area contributed by atoms with Gasteiger partial charge in [-0.1, -0.05) is 32.3 Å². The number of nitrogens with one attached hydrogen (secondary N) is 2. The minimum atomic E-state index is -0.597.